The number of aliphatic hydroxyl groups is 1. The van der Waals surface area contributed by atoms with Gasteiger partial charge in [0.05, 0.1) is 35.0 Å². The van der Waals surface area contributed by atoms with Crippen molar-refractivity contribution in [2.45, 2.75) is 6.92 Å². The molecule has 1 aromatic carbocycles. The van der Waals surface area contributed by atoms with Gasteiger partial charge in [0, 0.05) is 30.3 Å². The first-order valence-electron chi connectivity index (χ1n) is 9.19. The molecule has 0 saturated carbocycles. The van der Waals surface area contributed by atoms with Crippen molar-refractivity contribution in [3.8, 4) is 11.8 Å². The smallest absolute Gasteiger partial charge is 0.151 e. The molecule has 3 heterocycles. The number of aromatic nitrogens is 5. The largest absolute Gasteiger partial charge is 0.395 e. The van der Waals surface area contributed by atoms with Crippen molar-refractivity contribution in [3.63, 3.8) is 0 Å². The molecule has 0 saturated heterocycles. The lowest BCUT2D eigenvalue weighted by Crippen LogP contribution is -2.09. The molecule has 0 radical (unpaired) electrons. The van der Waals surface area contributed by atoms with E-state index in [1.54, 1.807) is 31.5 Å². The maximum atomic E-state index is 14.7. The number of hydrogen-bond acceptors (Lipinski definition) is 8. The number of benzene rings is 1. The average molecular weight is 439 g/mol. The Balaban J connectivity index is 1.72. The Morgan fingerprint density at radius 3 is 2.71 bits per heavy atom. The number of hydrogen-bond donors (Lipinski definition) is 3. The van der Waals surface area contributed by atoms with E-state index < -0.39 is 5.82 Å². The van der Waals surface area contributed by atoms with Gasteiger partial charge in [-0.3, -0.25) is 0 Å². The van der Waals surface area contributed by atoms with Crippen LogP contribution in [0.25, 0.3) is 16.6 Å². The Labute approximate surface area is 181 Å². The molecular weight excluding hydrogens is 423 g/mol. The molecule has 0 amide bonds. The van der Waals surface area contributed by atoms with E-state index in [4.69, 9.17) is 22.0 Å². The summed E-state index contributed by atoms with van der Waals surface area (Å²) in [5.41, 5.74) is 0.727. The molecule has 156 valence electrons. The van der Waals surface area contributed by atoms with Gasteiger partial charge in [-0.2, -0.15) is 10.4 Å². The number of nitrogens with zero attached hydrogens (tertiary/aromatic N) is 6. The van der Waals surface area contributed by atoms with E-state index in [0.717, 1.165) is 6.07 Å². The lowest BCUT2D eigenvalue weighted by Gasteiger charge is -2.11. The summed E-state index contributed by atoms with van der Waals surface area (Å²) in [7, 11) is 0. The summed E-state index contributed by atoms with van der Waals surface area (Å²) >= 11 is 6.23. The number of nitriles is 1. The van der Waals surface area contributed by atoms with E-state index in [0.29, 0.717) is 40.7 Å². The Morgan fingerprint density at radius 1 is 1.16 bits per heavy atom. The second-order valence-electron chi connectivity index (χ2n) is 6.55. The Hall–Kier alpha value is -3.81. The van der Waals surface area contributed by atoms with Gasteiger partial charge in [0.1, 0.15) is 29.0 Å². The third-order valence-electron chi connectivity index (χ3n) is 4.32. The van der Waals surface area contributed by atoms with Gasteiger partial charge >= 0.3 is 0 Å². The number of pyridine rings is 1. The number of aliphatic hydroxyl groups excluding tert-OH is 1. The maximum absolute atomic E-state index is 14.7. The van der Waals surface area contributed by atoms with E-state index in [-0.39, 0.29) is 22.9 Å². The van der Waals surface area contributed by atoms with Crippen LogP contribution in [-0.2, 0) is 0 Å². The van der Waals surface area contributed by atoms with Gasteiger partial charge in [-0.05, 0) is 19.1 Å². The Bertz CT molecular complexity index is 1290. The summed E-state index contributed by atoms with van der Waals surface area (Å²) in [4.78, 5) is 12.9. The molecule has 0 aliphatic heterocycles. The summed E-state index contributed by atoms with van der Waals surface area (Å²) in [5, 5.41) is 29.0. The SMILES string of the molecule is Cc1nc(NCCO)cc(Nc2cc3c(cn2)cnn3-c2c(F)cc(C#N)cc2Cl)n1. The fourth-order valence-electron chi connectivity index (χ4n) is 3.04. The van der Waals surface area contributed by atoms with Gasteiger partial charge < -0.3 is 15.7 Å². The fourth-order valence-corrected chi connectivity index (χ4v) is 3.32. The molecule has 3 aromatic heterocycles. The predicted molar refractivity (Wildman–Crippen MR) is 114 cm³/mol. The van der Waals surface area contributed by atoms with Gasteiger partial charge in [-0.1, -0.05) is 11.6 Å². The maximum Gasteiger partial charge on any atom is 0.151 e. The molecule has 0 fully saturated rings. The van der Waals surface area contributed by atoms with Crippen LogP contribution in [-0.4, -0.2) is 43.0 Å². The molecular formula is C20H16ClFN8O. The first-order valence-corrected chi connectivity index (χ1v) is 9.57. The standard InChI is InChI=1S/C20H16ClFN8O/c1-11-27-18(24-2-3-31)7-19(28-11)29-17-6-16-13(9-25-17)10-26-30(16)20-14(21)4-12(8-23)5-15(20)22/h4-7,9-10,31H,2-3H2,1H3,(H2,24,25,27,28,29). The topological polar surface area (TPSA) is 125 Å². The van der Waals surface area contributed by atoms with E-state index in [2.05, 4.69) is 30.7 Å². The monoisotopic (exact) mass is 438 g/mol. The van der Waals surface area contributed by atoms with Gasteiger partial charge in [-0.25, -0.2) is 24.0 Å². The van der Waals surface area contributed by atoms with E-state index >= 15 is 0 Å². The Morgan fingerprint density at radius 2 is 1.97 bits per heavy atom. The van der Waals surface area contributed by atoms with Crippen LogP contribution < -0.4 is 10.6 Å². The highest BCUT2D eigenvalue weighted by molar-refractivity contribution is 6.32. The molecule has 0 bridgehead atoms. The molecule has 3 N–H and O–H groups in total. The van der Waals surface area contributed by atoms with E-state index in [1.165, 1.54) is 10.7 Å². The van der Waals surface area contributed by atoms with Crippen LogP contribution in [0.1, 0.15) is 11.4 Å². The van der Waals surface area contributed by atoms with Crippen molar-refractivity contribution in [1.82, 2.24) is 24.7 Å². The zero-order valence-corrected chi connectivity index (χ0v) is 17.0. The highest BCUT2D eigenvalue weighted by Gasteiger charge is 2.16. The van der Waals surface area contributed by atoms with Crippen molar-refractivity contribution >= 4 is 40.0 Å². The molecule has 31 heavy (non-hydrogen) atoms. The quantitative estimate of drug-likeness (QED) is 0.418. The van der Waals surface area contributed by atoms with Crippen LogP contribution in [0.15, 0.2) is 36.7 Å². The minimum absolute atomic E-state index is 0.0253. The van der Waals surface area contributed by atoms with Crippen molar-refractivity contribution in [3.05, 3.63) is 58.9 Å². The lowest BCUT2D eigenvalue weighted by atomic mass is 10.2. The molecule has 11 heteroatoms. The number of nitrogens with one attached hydrogen (secondary N) is 2. The molecule has 4 aromatic rings. The predicted octanol–water partition coefficient (Wildman–Crippen LogP) is 3.33. The molecule has 9 nitrogen and oxygen atoms in total. The van der Waals surface area contributed by atoms with Crippen LogP contribution in [0.4, 0.5) is 21.8 Å². The summed E-state index contributed by atoms with van der Waals surface area (Å²) < 4.78 is 16.0. The zero-order chi connectivity index (χ0) is 22.0. The van der Waals surface area contributed by atoms with Crippen molar-refractivity contribution in [2.75, 3.05) is 23.8 Å². The van der Waals surface area contributed by atoms with E-state index in [1.807, 2.05) is 6.07 Å². The third-order valence-corrected chi connectivity index (χ3v) is 4.61. The molecule has 0 aliphatic carbocycles. The van der Waals surface area contributed by atoms with Crippen LogP contribution in [0.2, 0.25) is 5.02 Å². The number of fused-ring (bicyclic) bond motifs is 1. The number of aryl methyl sites for hydroxylation is 1. The second-order valence-corrected chi connectivity index (χ2v) is 6.95. The van der Waals surface area contributed by atoms with E-state index in [9.17, 15) is 4.39 Å². The Kier molecular flexibility index (Phi) is 5.62. The molecule has 4 rings (SSSR count). The van der Waals surface area contributed by atoms with Gasteiger partial charge in [0.2, 0.25) is 0 Å². The number of rotatable bonds is 6. The van der Waals surface area contributed by atoms with Crippen molar-refractivity contribution < 1.29 is 9.50 Å². The lowest BCUT2D eigenvalue weighted by molar-refractivity contribution is 0.311. The van der Waals surface area contributed by atoms with Crippen LogP contribution in [0, 0.1) is 24.1 Å². The molecule has 0 atom stereocenters. The summed E-state index contributed by atoms with van der Waals surface area (Å²) in [6.07, 6.45) is 3.14. The minimum Gasteiger partial charge on any atom is -0.395 e. The van der Waals surface area contributed by atoms with Crippen LogP contribution >= 0.6 is 11.6 Å². The van der Waals surface area contributed by atoms with Crippen LogP contribution in [0.3, 0.4) is 0 Å². The highest BCUT2D eigenvalue weighted by Crippen LogP contribution is 2.29. The highest BCUT2D eigenvalue weighted by atomic mass is 35.5. The summed E-state index contributed by atoms with van der Waals surface area (Å²) in [5.74, 6) is 1.37. The second kappa shape index (κ2) is 8.51. The van der Waals surface area contributed by atoms with Crippen molar-refractivity contribution in [2.24, 2.45) is 0 Å². The zero-order valence-electron chi connectivity index (χ0n) is 16.3. The van der Waals surface area contributed by atoms with Gasteiger partial charge in [0.25, 0.3) is 0 Å². The molecule has 0 aliphatic rings. The first-order chi connectivity index (χ1) is 15.0. The minimum atomic E-state index is -0.661. The third kappa shape index (κ3) is 4.23. The first kappa shape index (κ1) is 20.5. The van der Waals surface area contributed by atoms with Crippen LogP contribution in [0.5, 0.6) is 0 Å². The molecule has 0 unspecified atom stereocenters. The number of anilines is 3. The number of halogens is 2. The molecule has 0 spiro atoms. The normalized spacial score (nSPS) is 10.8. The summed E-state index contributed by atoms with van der Waals surface area (Å²) in [6, 6.07) is 7.74. The van der Waals surface area contributed by atoms with Gasteiger partial charge in [-0.15, -0.1) is 0 Å². The summed E-state index contributed by atoms with van der Waals surface area (Å²) in [6.45, 7) is 2.08. The van der Waals surface area contributed by atoms with Gasteiger partial charge in [0.15, 0.2) is 5.82 Å². The average Bonchev–Trinajstić information content (AvgIpc) is 3.14. The van der Waals surface area contributed by atoms with Crippen molar-refractivity contribution in [1.29, 1.82) is 5.26 Å². The fraction of sp³-hybridized carbons (Fsp3) is 0.150.